The van der Waals surface area contributed by atoms with E-state index >= 15 is 0 Å². The molecule has 1 aliphatic heterocycles. The molecule has 0 radical (unpaired) electrons. The second kappa shape index (κ2) is 5.82. The van der Waals surface area contributed by atoms with E-state index in [1.54, 1.807) is 12.1 Å². The molecule has 1 aromatic rings. The largest absolute Gasteiger partial charge is 0.308 e. The highest BCUT2D eigenvalue weighted by atomic mass is 19.1. The fraction of sp³-hybridized carbons (Fsp3) is 0.647. The Balaban J connectivity index is 1.72. The van der Waals surface area contributed by atoms with Crippen LogP contribution in [0.5, 0.6) is 0 Å². The van der Waals surface area contributed by atoms with Crippen LogP contribution in [0.25, 0.3) is 0 Å². The smallest absolute Gasteiger partial charge is 0.127 e. The lowest BCUT2D eigenvalue weighted by Gasteiger charge is -2.49. The fourth-order valence-electron chi connectivity index (χ4n) is 3.71. The van der Waals surface area contributed by atoms with Crippen molar-refractivity contribution in [3.8, 4) is 0 Å². The molecule has 0 bridgehead atoms. The molecule has 20 heavy (non-hydrogen) atoms. The van der Waals surface area contributed by atoms with Crippen LogP contribution in [0, 0.1) is 5.82 Å². The first-order valence-corrected chi connectivity index (χ1v) is 7.91. The summed E-state index contributed by atoms with van der Waals surface area (Å²) in [5.41, 5.74) is 1.11. The van der Waals surface area contributed by atoms with Crippen LogP contribution in [0.2, 0.25) is 0 Å². The molecule has 3 heteroatoms. The van der Waals surface area contributed by atoms with Crippen molar-refractivity contribution in [1.29, 1.82) is 0 Å². The van der Waals surface area contributed by atoms with Gasteiger partial charge in [-0.2, -0.15) is 0 Å². The zero-order valence-electron chi connectivity index (χ0n) is 12.4. The predicted octanol–water partition coefficient (Wildman–Crippen LogP) is 3.32. The quantitative estimate of drug-likeness (QED) is 0.891. The van der Waals surface area contributed by atoms with Crippen molar-refractivity contribution in [3.05, 3.63) is 35.6 Å². The maximum Gasteiger partial charge on any atom is 0.127 e. The molecule has 1 saturated heterocycles. The number of hydrogen-bond acceptors (Lipinski definition) is 2. The number of nitrogens with zero attached hydrogens (tertiary/aromatic N) is 1. The number of piperazine rings is 1. The number of halogens is 1. The molecule has 2 aliphatic rings. The zero-order chi connectivity index (χ0) is 14.0. The van der Waals surface area contributed by atoms with Crippen LogP contribution < -0.4 is 5.32 Å². The molecule has 1 N–H and O–H groups in total. The third kappa shape index (κ3) is 2.89. The van der Waals surface area contributed by atoms with E-state index in [-0.39, 0.29) is 11.4 Å². The maximum absolute atomic E-state index is 13.9. The SMILES string of the molecule is CC1CNC2(CCCCC2)CN1Cc1ccccc1F. The van der Waals surface area contributed by atoms with E-state index in [1.165, 1.54) is 32.1 Å². The van der Waals surface area contributed by atoms with E-state index < -0.39 is 0 Å². The van der Waals surface area contributed by atoms with Crippen LogP contribution in [0.3, 0.4) is 0 Å². The molecule has 2 fully saturated rings. The number of nitrogens with one attached hydrogen (secondary N) is 1. The Bertz CT molecular complexity index is 454. The molecule has 1 heterocycles. The van der Waals surface area contributed by atoms with E-state index in [1.807, 2.05) is 12.1 Å². The summed E-state index contributed by atoms with van der Waals surface area (Å²) in [4.78, 5) is 2.46. The minimum Gasteiger partial charge on any atom is -0.308 e. The number of rotatable bonds is 2. The van der Waals surface area contributed by atoms with Crippen molar-refractivity contribution in [2.75, 3.05) is 13.1 Å². The topological polar surface area (TPSA) is 15.3 Å². The van der Waals surface area contributed by atoms with Gasteiger partial charge in [0.1, 0.15) is 5.82 Å². The van der Waals surface area contributed by atoms with Gasteiger partial charge in [-0.1, -0.05) is 37.5 Å². The van der Waals surface area contributed by atoms with Crippen molar-refractivity contribution in [2.45, 2.75) is 57.2 Å². The molecule has 1 aliphatic carbocycles. The molecule has 3 rings (SSSR count). The monoisotopic (exact) mass is 276 g/mol. The van der Waals surface area contributed by atoms with Crippen molar-refractivity contribution >= 4 is 0 Å². The summed E-state index contributed by atoms with van der Waals surface area (Å²) in [6, 6.07) is 7.66. The highest BCUT2D eigenvalue weighted by molar-refractivity contribution is 5.17. The molecule has 1 spiro atoms. The van der Waals surface area contributed by atoms with Gasteiger partial charge >= 0.3 is 0 Å². The van der Waals surface area contributed by atoms with Gasteiger partial charge in [0.15, 0.2) is 0 Å². The summed E-state index contributed by atoms with van der Waals surface area (Å²) in [7, 11) is 0. The second-order valence-corrected chi connectivity index (χ2v) is 6.57. The van der Waals surface area contributed by atoms with E-state index in [2.05, 4.69) is 17.1 Å². The van der Waals surface area contributed by atoms with E-state index in [4.69, 9.17) is 0 Å². The van der Waals surface area contributed by atoms with E-state index in [9.17, 15) is 4.39 Å². The first-order valence-electron chi connectivity index (χ1n) is 7.91. The Morgan fingerprint density at radius 1 is 1.25 bits per heavy atom. The molecule has 0 aromatic heterocycles. The lowest BCUT2D eigenvalue weighted by molar-refractivity contribution is 0.0565. The summed E-state index contributed by atoms with van der Waals surface area (Å²) in [6.45, 7) is 5.05. The number of hydrogen-bond donors (Lipinski definition) is 1. The zero-order valence-corrected chi connectivity index (χ0v) is 12.4. The molecular weight excluding hydrogens is 251 g/mol. The van der Waals surface area contributed by atoms with Gasteiger partial charge < -0.3 is 5.32 Å². The molecule has 1 aromatic carbocycles. The lowest BCUT2D eigenvalue weighted by atomic mass is 9.79. The Kier molecular flexibility index (Phi) is 4.08. The first-order chi connectivity index (χ1) is 9.69. The minimum atomic E-state index is -0.0732. The van der Waals surface area contributed by atoms with Crippen molar-refractivity contribution in [1.82, 2.24) is 10.2 Å². The lowest BCUT2D eigenvalue weighted by Crippen LogP contribution is -2.63. The van der Waals surface area contributed by atoms with Crippen molar-refractivity contribution in [3.63, 3.8) is 0 Å². The van der Waals surface area contributed by atoms with Crippen LogP contribution in [-0.2, 0) is 6.54 Å². The van der Waals surface area contributed by atoms with Gasteiger partial charge in [-0.3, -0.25) is 4.90 Å². The predicted molar refractivity (Wildman–Crippen MR) is 80.1 cm³/mol. The van der Waals surface area contributed by atoms with Gasteiger partial charge in [0.2, 0.25) is 0 Å². The standard InChI is InChI=1S/C17H25FN2/c1-14-11-19-17(9-5-2-6-10-17)13-20(14)12-15-7-3-4-8-16(15)18/h3-4,7-8,14,19H,2,5-6,9-13H2,1H3. The molecular formula is C17H25FN2. The normalized spacial score (nSPS) is 26.8. The van der Waals surface area contributed by atoms with E-state index in [0.717, 1.165) is 25.2 Å². The van der Waals surface area contributed by atoms with Gasteiger partial charge in [-0.05, 0) is 25.8 Å². The summed E-state index contributed by atoms with van der Waals surface area (Å²) in [6.07, 6.45) is 6.57. The third-order valence-corrected chi connectivity index (χ3v) is 5.04. The fourth-order valence-corrected chi connectivity index (χ4v) is 3.71. The van der Waals surface area contributed by atoms with Crippen molar-refractivity contribution in [2.24, 2.45) is 0 Å². The van der Waals surface area contributed by atoms with Gasteiger partial charge in [0.05, 0.1) is 0 Å². The van der Waals surface area contributed by atoms with Gasteiger partial charge in [0.25, 0.3) is 0 Å². The molecule has 110 valence electrons. The average Bonchev–Trinajstić information content (AvgIpc) is 2.47. The van der Waals surface area contributed by atoms with Crippen LogP contribution in [0.15, 0.2) is 24.3 Å². The van der Waals surface area contributed by atoms with Crippen LogP contribution in [0.1, 0.15) is 44.6 Å². The Morgan fingerprint density at radius 3 is 2.75 bits per heavy atom. The summed E-state index contributed by atoms with van der Waals surface area (Å²) in [5.74, 6) is -0.0732. The molecule has 2 nitrogen and oxygen atoms in total. The second-order valence-electron chi connectivity index (χ2n) is 6.57. The van der Waals surface area contributed by atoms with Crippen LogP contribution >= 0.6 is 0 Å². The van der Waals surface area contributed by atoms with Gasteiger partial charge in [-0.25, -0.2) is 4.39 Å². The first kappa shape index (κ1) is 14.0. The molecule has 0 amide bonds. The van der Waals surface area contributed by atoms with Crippen LogP contribution in [-0.4, -0.2) is 29.6 Å². The average molecular weight is 276 g/mol. The van der Waals surface area contributed by atoms with Gasteiger partial charge in [0, 0.05) is 36.8 Å². The third-order valence-electron chi connectivity index (χ3n) is 5.04. The highest BCUT2D eigenvalue weighted by Crippen LogP contribution is 2.32. The molecule has 1 atom stereocenters. The molecule has 1 saturated carbocycles. The maximum atomic E-state index is 13.9. The van der Waals surface area contributed by atoms with Crippen molar-refractivity contribution < 1.29 is 4.39 Å². The molecule has 1 unspecified atom stereocenters. The van der Waals surface area contributed by atoms with Gasteiger partial charge in [-0.15, -0.1) is 0 Å². The summed E-state index contributed by atoms with van der Waals surface area (Å²) >= 11 is 0. The minimum absolute atomic E-state index is 0.0732. The summed E-state index contributed by atoms with van der Waals surface area (Å²) in [5, 5.41) is 3.78. The van der Waals surface area contributed by atoms with E-state index in [0.29, 0.717) is 6.04 Å². The highest BCUT2D eigenvalue weighted by Gasteiger charge is 2.38. The summed E-state index contributed by atoms with van der Waals surface area (Å²) < 4.78 is 13.9. The Labute approximate surface area is 121 Å². The van der Waals surface area contributed by atoms with Crippen LogP contribution in [0.4, 0.5) is 4.39 Å². The Hall–Kier alpha value is -0.930. The number of benzene rings is 1. The Morgan fingerprint density at radius 2 is 2.00 bits per heavy atom.